The van der Waals surface area contributed by atoms with Crippen molar-refractivity contribution in [3.05, 3.63) is 0 Å². The largest absolute Gasteiger partial charge is 0.395 e. The number of hydrogen-bond donors (Lipinski definition) is 1. The first-order valence-corrected chi connectivity index (χ1v) is 7.30. The van der Waals surface area contributed by atoms with Gasteiger partial charge in [0.05, 0.1) is 13.2 Å². The van der Waals surface area contributed by atoms with Crippen LogP contribution < -0.4 is 0 Å². The summed E-state index contributed by atoms with van der Waals surface area (Å²) in [4.78, 5) is 2.40. The molecule has 0 heterocycles. The molecule has 0 bridgehead atoms. The van der Waals surface area contributed by atoms with E-state index in [2.05, 4.69) is 4.90 Å². The van der Waals surface area contributed by atoms with Crippen LogP contribution in [-0.2, 0) is 9.47 Å². The molecule has 0 saturated heterocycles. The summed E-state index contributed by atoms with van der Waals surface area (Å²) in [5.41, 5.74) is 0. The Bertz CT molecular complexity index is 184. The third-order valence-corrected chi connectivity index (χ3v) is 3.64. The van der Waals surface area contributed by atoms with Crippen molar-refractivity contribution < 1.29 is 14.6 Å². The average Bonchev–Trinajstić information content (AvgIpc) is 2.42. The summed E-state index contributed by atoms with van der Waals surface area (Å²) in [7, 11) is 1.71. The third kappa shape index (κ3) is 6.69. The zero-order chi connectivity index (χ0) is 13.1. The maximum Gasteiger partial charge on any atom is 0.0593 e. The van der Waals surface area contributed by atoms with Crippen LogP contribution in [0.4, 0.5) is 0 Å². The highest BCUT2D eigenvalue weighted by molar-refractivity contribution is 4.75. The number of ether oxygens (including phenoxy) is 2. The van der Waals surface area contributed by atoms with Crippen LogP contribution in [0.5, 0.6) is 0 Å². The molecular weight excluding hydrogens is 230 g/mol. The SMILES string of the molecule is COCCCOCCN(CCO)C1CCCCC1. The minimum atomic E-state index is 0.250. The molecule has 4 nitrogen and oxygen atoms in total. The smallest absolute Gasteiger partial charge is 0.0593 e. The van der Waals surface area contributed by atoms with Crippen LogP contribution in [0.2, 0.25) is 0 Å². The molecule has 4 heteroatoms. The predicted octanol–water partition coefficient (Wildman–Crippen LogP) is 1.67. The van der Waals surface area contributed by atoms with Crippen LogP contribution in [0.1, 0.15) is 38.5 Å². The maximum atomic E-state index is 9.14. The summed E-state index contributed by atoms with van der Waals surface area (Å²) in [6.07, 6.45) is 7.56. The summed E-state index contributed by atoms with van der Waals surface area (Å²) in [6, 6.07) is 0.661. The molecule has 0 amide bonds. The first-order valence-electron chi connectivity index (χ1n) is 7.30. The van der Waals surface area contributed by atoms with Gasteiger partial charge in [-0.2, -0.15) is 0 Å². The highest BCUT2D eigenvalue weighted by atomic mass is 16.5. The highest BCUT2D eigenvalue weighted by Crippen LogP contribution is 2.22. The second kappa shape index (κ2) is 10.7. The molecule has 0 unspecified atom stereocenters. The van der Waals surface area contributed by atoms with Crippen molar-refractivity contribution in [3.8, 4) is 0 Å². The van der Waals surface area contributed by atoms with Crippen molar-refractivity contribution in [1.29, 1.82) is 0 Å². The third-order valence-electron chi connectivity index (χ3n) is 3.64. The maximum absolute atomic E-state index is 9.14. The van der Waals surface area contributed by atoms with Gasteiger partial charge in [0.15, 0.2) is 0 Å². The molecular formula is C14H29NO3. The van der Waals surface area contributed by atoms with Gasteiger partial charge in [-0.15, -0.1) is 0 Å². The van der Waals surface area contributed by atoms with Gasteiger partial charge in [-0.1, -0.05) is 19.3 Å². The summed E-state index contributed by atoms with van der Waals surface area (Å²) in [6.45, 7) is 4.28. The van der Waals surface area contributed by atoms with E-state index >= 15 is 0 Å². The van der Waals surface area contributed by atoms with Crippen LogP contribution in [0, 0.1) is 0 Å². The fourth-order valence-electron chi connectivity index (χ4n) is 2.64. The normalized spacial score (nSPS) is 17.5. The number of aliphatic hydroxyl groups excluding tert-OH is 1. The van der Waals surface area contributed by atoms with Gasteiger partial charge in [0.1, 0.15) is 0 Å². The number of rotatable bonds is 10. The topological polar surface area (TPSA) is 41.9 Å². The van der Waals surface area contributed by atoms with E-state index in [0.29, 0.717) is 6.04 Å². The van der Waals surface area contributed by atoms with Gasteiger partial charge in [0.25, 0.3) is 0 Å². The Kier molecular flexibility index (Phi) is 9.48. The van der Waals surface area contributed by atoms with Crippen molar-refractivity contribution >= 4 is 0 Å². The van der Waals surface area contributed by atoms with E-state index in [4.69, 9.17) is 14.6 Å². The molecule has 0 radical (unpaired) electrons. The lowest BCUT2D eigenvalue weighted by atomic mass is 9.94. The fourth-order valence-corrected chi connectivity index (χ4v) is 2.64. The molecule has 1 fully saturated rings. The molecule has 108 valence electrons. The number of hydrogen-bond acceptors (Lipinski definition) is 4. The molecule has 0 spiro atoms. The Balaban J connectivity index is 2.12. The second-order valence-corrected chi connectivity index (χ2v) is 5.01. The second-order valence-electron chi connectivity index (χ2n) is 5.01. The molecule has 1 aliphatic carbocycles. The molecule has 18 heavy (non-hydrogen) atoms. The zero-order valence-corrected chi connectivity index (χ0v) is 11.8. The Morgan fingerprint density at radius 1 is 1.06 bits per heavy atom. The quantitative estimate of drug-likeness (QED) is 0.606. The van der Waals surface area contributed by atoms with Gasteiger partial charge in [-0.3, -0.25) is 4.90 Å². The monoisotopic (exact) mass is 259 g/mol. The number of methoxy groups -OCH3 is 1. The van der Waals surface area contributed by atoms with E-state index in [1.54, 1.807) is 7.11 Å². The lowest BCUT2D eigenvalue weighted by Gasteiger charge is -2.33. The van der Waals surface area contributed by atoms with Crippen LogP contribution in [-0.4, -0.2) is 62.7 Å². The molecule has 0 aromatic heterocycles. The van der Waals surface area contributed by atoms with Gasteiger partial charge in [0, 0.05) is 39.5 Å². The zero-order valence-electron chi connectivity index (χ0n) is 11.8. The van der Waals surface area contributed by atoms with Gasteiger partial charge < -0.3 is 14.6 Å². The van der Waals surface area contributed by atoms with Gasteiger partial charge >= 0.3 is 0 Å². The van der Waals surface area contributed by atoms with Gasteiger partial charge in [0.2, 0.25) is 0 Å². The summed E-state index contributed by atoms with van der Waals surface area (Å²) < 4.78 is 10.6. The molecule has 1 rings (SSSR count). The van der Waals surface area contributed by atoms with Crippen LogP contribution in [0.15, 0.2) is 0 Å². The van der Waals surface area contributed by atoms with Crippen molar-refractivity contribution in [3.63, 3.8) is 0 Å². The number of nitrogens with zero attached hydrogens (tertiary/aromatic N) is 1. The molecule has 1 saturated carbocycles. The van der Waals surface area contributed by atoms with E-state index in [-0.39, 0.29) is 6.61 Å². The van der Waals surface area contributed by atoms with E-state index in [0.717, 1.165) is 39.3 Å². The summed E-state index contributed by atoms with van der Waals surface area (Å²) in [5, 5.41) is 9.14. The Morgan fingerprint density at radius 3 is 2.50 bits per heavy atom. The summed E-state index contributed by atoms with van der Waals surface area (Å²) >= 11 is 0. The fraction of sp³-hybridized carbons (Fsp3) is 1.00. The van der Waals surface area contributed by atoms with Crippen LogP contribution >= 0.6 is 0 Å². The Hall–Kier alpha value is -0.160. The molecule has 1 N–H and O–H groups in total. The minimum Gasteiger partial charge on any atom is -0.395 e. The highest BCUT2D eigenvalue weighted by Gasteiger charge is 2.20. The van der Waals surface area contributed by atoms with Crippen molar-refractivity contribution in [2.24, 2.45) is 0 Å². The predicted molar refractivity (Wildman–Crippen MR) is 72.8 cm³/mol. The van der Waals surface area contributed by atoms with E-state index in [1.807, 2.05) is 0 Å². The molecule has 0 aromatic carbocycles. The Morgan fingerprint density at radius 2 is 1.83 bits per heavy atom. The van der Waals surface area contributed by atoms with Crippen LogP contribution in [0.3, 0.4) is 0 Å². The van der Waals surface area contributed by atoms with E-state index in [9.17, 15) is 0 Å². The van der Waals surface area contributed by atoms with Crippen LogP contribution in [0.25, 0.3) is 0 Å². The lowest BCUT2D eigenvalue weighted by Crippen LogP contribution is -2.40. The van der Waals surface area contributed by atoms with Gasteiger partial charge in [-0.25, -0.2) is 0 Å². The Labute approximate surface area is 111 Å². The molecule has 0 aliphatic heterocycles. The van der Waals surface area contributed by atoms with Crippen molar-refractivity contribution in [1.82, 2.24) is 4.90 Å². The van der Waals surface area contributed by atoms with Crippen molar-refractivity contribution in [2.45, 2.75) is 44.6 Å². The standard InChI is InChI=1S/C14H29NO3/c1-17-11-5-12-18-13-9-15(8-10-16)14-6-3-2-4-7-14/h14,16H,2-13H2,1H3. The molecule has 1 aliphatic rings. The van der Waals surface area contributed by atoms with E-state index in [1.165, 1.54) is 32.1 Å². The lowest BCUT2D eigenvalue weighted by molar-refractivity contribution is 0.0567. The van der Waals surface area contributed by atoms with Gasteiger partial charge in [-0.05, 0) is 19.3 Å². The average molecular weight is 259 g/mol. The number of aliphatic hydroxyl groups is 1. The first-order chi connectivity index (χ1) is 8.88. The first kappa shape index (κ1) is 15.9. The molecule has 0 aromatic rings. The minimum absolute atomic E-state index is 0.250. The molecule has 0 atom stereocenters. The van der Waals surface area contributed by atoms with E-state index < -0.39 is 0 Å². The van der Waals surface area contributed by atoms with Crippen molar-refractivity contribution in [2.75, 3.05) is 46.6 Å². The summed E-state index contributed by atoms with van der Waals surface area (Å²) in [5.74, 6) is 0.